The van der Waals surface area contributed by atoms with Gasteiger partial charge in [0.2, 0.25) is 0 Å². The quantitative estimate of drug-likeness (QED) is 0.686. The van der Waals surface area contributed by atoms with Crippen molar-refractivity contribution in [1.29, 1.82) is 0 Å². The van der Waals surface area contributed by atoms with Crippen molar-refractivity contribution in [1.82, 2.24) is 5.32 Å². The zero-order valence-electron chi connectivity index (χ0n) is 9.48. The van der Waals surface area contributed by atoms with Gasteiger partial charge in [0.25, 0.3) is 0 Å². The van der Waals surface area contributed by atoms with Crippen molar-refractivity contribution in [2.24, 2.45) is 0 Å². The van der Waals surface area contributed by atoms with E-state index in [2.05, 4.69) is 5.32 Å². The number of hydrogen-bond acceptors (Lipinski definition) is 3. The monoisotopic (exact) mass is 189 g/mol. The topological polar surface area (TPSA) is 49.3 Å². The molecule has 0 bridgehead atoms. The number of carbonyl (C=O) groups is 1. The number of carbonyl (C=O) groups excluding carboxylic acids is 1. The molecule has 1 unspecified atom stereocenters. The van der Waals surface area contributed by atoms with Crippen molar-refractivity contribution in [3.8, 4) is 0 Å². The summed E-state index contributed by atoms with van der Waals surface area (Å²) in [5, 5.41) is 12.3. The van der Waals surface area contributed by atoms with Crippen LogP contribution in [0.3, 0.4) is 0 Å². The van der Waals surface area contributed by atoms with E-state index in [1.165, 1.54) is 0 Å². The van der Waals surface area contributed by atoms with Crippen LogP contribution in [0.1, 0.15) is 41.0 Å². The van der Waals surface area contributed by atoms with Crippen LogP contribution in [0, 0.1) is 0 Å². The Morgan fingerprint density at radius 3 is 2.15 bits per heavy atom. The molecular weight excluding hydrogens is 166 g/mol. The van der Waals surface area contributed by atoms with Gasteiger partial charge in [-0.1, -0.05) is 27.7 Å². The Bertz CT molecular complexity index is 133. The van der Waals surface area contributed by atoms with E-state index in [1.54, 1.807) is 13.8 Å². The molecule has 0 aromatic heterocycles. The summed E-state index contributed by atoms with van der Waals surface area (Å²) >= 11 is 0. The summed E-state index contributed by atoms with van der Waals surface area (Å²) < 4.78 is 0. The van der Waals surface area contributed by atoms with Crippen molar-refractivity contribution in [3.05, 3.63) is 0 Å². The Balaban J connectivity index is 0. The molecular formula is C10H23NO2. The second kappa shape index (κ2) is 8.20. The average molecular weight is 189 g/mol. The van der Waals surface area contributed by atoms with Gasteiger partial charge in [0.1, 0.15) is 5.60 Å². The molecule has 0 spiro atoms. The summed E-state index contributed by atoms with van der Waals surface area (Å²) in [7, 11) is 0. The van der Waals surface area contributed by atoms with E-state index in [1.807, 2.05) is 20.8 Å². The van der Waals surface area contributed by atoms with E-state index >= 15 is 0 Å². The van der Waals surface area contributed by atoms with Gasteiger partial charge in [-0.2, -0.15) is 0 Å². The Morgan fingerprint density at radius 2 is 1.85 bits per heavy atom. The maximum absolute atomic E-state index is 11.1. The van der Waals surface area contributed by atoms with Crippen LogP contribution in [0.5, 0.6) is 0 Å². The molecule has 3 nitrogen and oxygen atoms in total. The SMILES string of the molecule is CC.CCNCC(=O)C(C)(O)CC. The highest BCUT2D eigenvalue weighted by Crippen LogP contribution is 2.08. The van der Waals surface area contributed by atoms with Crippen LogP contribution in [-0.4, -0.2) is 29.6 Å². The van der Waals surface area contributed by atoms with Gasteiger partial charge in [0.15, 0.2) is 5.78 Å². The lowest BCUT2D eigenvalue weighted by Gasteiger charge is -2.19. The smallest absolute Gasteiger partial charge is 0.177 e. The Hall–Kier alpha value is -0.410. The summed E-state index contributed by atoms with van der Waals surface area (Å²) in [4.78, 5) is 11.1. The largest absolute Gasteiger partial charge is 0.382 e. The molecule has 0 saturated heterocycles. The van der Waals surface area contributed by atoms with E-state index in [9.17, 15) is 9.90 Å². The maximum Gasteiger partial charge on any atom is 0.177 e. The molecule has 80 valence electrons. The molecule has 2 N–H and O–H groups in total. The first kappa shape index (κ1) is 15.1. The lowest BCUT2D eigenvalue weighted by atomic mass is 9.98. The molecule has 0 fully saturated rings. The zero-order valence-corrected chi connectivity index (χ0v) is 9.48. The summed E-state index contributed by atoms with van der Waals surface area (Å²) in [6, 6.07) is 0. The van der Waals surface area contributed by atoms with E-state index in [4.69, 9.17) is 0 Å². The third kappa shape index (κ3) is 6.72. The van der Waals surface area contributed by atoms with Crippen LogP contribution in [0.2, 0.25) is 0 Å². The normalized spacial score (nSPS) is 14.0. The van der Waals surface area contributed by atoms with Crippen molar-refractivity contribution < 1.29 is 9.90 Å². The Labute approximate surface area is 81.5 Å². The van der Waals surface area contributed by atoms with Gasteiger partial charge in [-0.15, -0.1) is 0 Å². The fourth-order valence-corrected chi connectivity index (χ4v) is 0.626. The van der Waals surface area contributed by atoms with Crippen molar-refractivity contribution in [2.75, 3.05) is 13.1 Å². The van der Waals surface area contributed by atoms with Crippen LogP contribution in [-0.2, 0) is 4.79 Å². The first-order valence-electron chi connectivity index (χ1n) is 5.01. The zero-order chi connectivity index (χ0) is 10.9. The minimum atomic E-state index is -1.15. The predicted octanol–water partition coefficient (Wildman–Crippen LogP) is 1.35. The predicted molar refractivity (Wildman–Crippen MR) is 55.8 cm³/mol. The molecule has 0 amide bonds. The summed E-state index contributed by atoms with van der Waals surface area (Å²) in [6.45, 7) is 10.3. The van der Waals surface area contributed by atoms with E-state index in [-0.39, 0.29) is 12.3 Å². The van der Waals surface area contributed by atoms with E-state index < -0.39 is 5.60 Å². The highest BCUT2D eigenvalue weighted by atomic mass is 16.3. The molecule has 1 atom stereocenters. The average Bonchev–Trinajstić information content (AvgIpc) is 2.17. The molecule has 3 heteroatoms. The third-order valence-electron chi connectivity index (χ3n) is 1.82. The molecule has 0 aliphatic rings. The van der Waals surface area contributed by atoms with Gasteiger partial charge in [-0.05, 0) is 19.9 Å². The lowest BCUT2D eigenvalue weighted by Crippen LogP contribution is -2.40. The fraction of sp³-hybridized carbons (Fsp3) is 0.900. The van der Waals surface area contributed by atoms with Gasteiger partial charge >= 0.3 is 0 Å². The molecule has 0 radical (unpaired) electrons. The van der Waals surface area contributed by atoms with Crippen molar-refractivity contribution in [2.45, 2.75) is 46.6 Å². The number of hydrogen-bond donors (Lipinski definition) is 2. The second-order valence-electron chi connectivity index (χ2n) is 2.83. The second-order valence-corrected chi connectivity index (χ2v) is 2.83. The van der Waals surface area contributed by atoms with E-state index in [0.717, 1.165) is 6.54 Å². The number of ketones is 1. The number of nitrogens with one attached hydrogen (secondary N) is 1. The summed E-state index contributed by atoms with van der Waals surface area (Å²) in [6.07, 6.45) is 0.469. The minimum Gasteiger partial charge on any atom is -0.382 e. The molecule has 0 aromatic rings. The lowest BCUT2D eigenvalue weighted by molar-refractivity contribution is -0.134. The van der Waals surface area contributed by atoms with Gasteiger partial charge in [-0.3, -0.25) is 4.79 Å². The molecule has 0 heterocycles. The molecule has 0 rings (SSSR count). The number of rotatable bonds is 5. The summed E-state index contributed by atoms with van der Waals surface area (Å²) in [5.74, 6) is -0.137. The standard InChI is InChI=1S/C8H17NO2.C2H6/c1-4-8(3,11)7(10)6-9-5-2;1-2/h9,11H,4-6H2,1-3H3;1-2H3. The molecule has 0 aliphatic carbocycles. The number of Topliss-reactive ketones (excluding diaryl/α,β-unsaturated/α-hetero) is 1. The number of aliphatic hydroxyl groups is 1. The van der Waals surface area contributed by atoms with Gasteiger partial charge in [0, 0.05) is 0 Å². The Morgan fingerprint density at radius 1 is 1.38 bits per heavy atom. The Kier molecular flexibility index (Phi) is 9.51. The van der Waals surface area contributed by atoms with Crippen LogP contribution < -0.4 is 5.32 Å². The van der Waals surface area contributed by atoms with Crippen LogP contribution >= 0.6 is 0 Å². The molecule has 13 heavy (non-hydrogen) atoms. The van der Waals surface area contributed by atoms with Crippen molar-refractivity contribution in [3.63, 3.8) is 0 Å². The maximum atomic E-state index is 11.1. The molecule has 0 aliphatic heterocycles. The third-order valence-corrected chi connectivity index (χ3v) is 1.82. The minimum absolute atomic E-state index is 0.137. The van der Waals surface area contributed by atoms with Crippen molar-refractivity contribution >= 4 is 5.78 Å². The summed E-state index contributed by atoms with van der Waals surface area (Å²) in [5.41, 5.74) is -1.15. The highest BCUT2D eigenvalue weighted by molar-refractivity contribution is 5.88. The highest BCUT2D eigenvalue weighted by Gasteiger charge is 2.26. The van der Waals surface area contributed by atoms with Crippen LogP contribution in [0.25, 0.3) is 0 Å². The van der Waals surface area contributed by atoms with Crippen LogP contribution in [0.4, 0.5) is 0 Å². The van der Waals surface area contributed by atoms with Gasteiger partial charge in [-0.25, -0.2) is 0 Å². The van der Waals surface area contributed by atoms with Crippen LogP contribution in [0.15, 0.2) is 0 Å². The first-order valence-corrected chi connectivity index (χ1v) is 5.01. The van der Waals surface area contributed by atoms with Gasteiger partial charge < -0.3 is 10.4 Å². The first-order chi connectivity index (χ1) is 6.04. The van der Waals surface area contributed by atoms with Gasteiger partial charge in [0.05, 0.1) is 6.54 Å². The molecule has 0 aromatic carbocycles. The molecule has 0 saturated carbocycles. The van der Waals surface area contributed by atoms with E-state index in [0.29, 0.717) is 6.42 Å². The fourth-order valence-electron chi connectivity index (χ4n) is 0.626. The number of likely N-dealkylation sites (N-methyl/N-ethyl adjacent to an activating group) is 1.